The van der Waals surface area contributed by atoms with Crippen molar-refractivity contribution in [2.45, 2.75) is 19.3 Å². The third-order valence-corrected chi connectivity index (χ3v) is 4.41. The van der Waals surface area contributed by atoms with Crippen LogP contribution in [0.4, 0.5) is 5.00 Å². The fraction of sp³-hybridized carbons (Fsp3) is 0.214. The molecule has 1 unspecified atom stereocenters. The monoisotopic (exact) mass is 352 g/mol. The molecule has 0 aliphatic carbocycles. The van der Waals surface area contributed by atoms with Crippen molar-refractivity contribution in [3.05, 3.63) is 51.3 Å². The predicted molar refractivity (Wildman–Crippen MR) is 82.5 cm³/mol. The maximum absolute atomic E-state index is 12.0. The van der Waals surface area contributed by atoms with Crippen LogP contribution < -0.4 is 10.6 Å². The lowest BCUT2D eigenvalue weighted by Crippen LogP contribution is -2.46. The largest absolute Gasteiger partial charge is 0.458 e. The van der Waals surface area contributed by atoms with E-state index in [-0.39, 0.29) is 12.6 Å². The van der Waals surface area contributed by atoms with E-state index in [1.807, 2.05) is 35.7 Å². The van der Waals surface area contributed by atoms with Gasteiger partial charge >= 0.3 is 5.97 Å². The minimum atomic E-state index is -0.478. The van der Waals surface area contributed by atoms with Crippen LogP contribution in [-0.4, -0.2) is 12.1 Å². The van der Waals surface area contributed by atoms with Crippen LogP contribution in [0, 0.1) is 0 Å². The van der Waals surface area contributed by atoms with E-state index in [1.54, 1.807) is 11.3 Å². The molecule has 1 aromatic heterocycles. The van der Waals surface area contributed by atoms with E-state index in [9.17, 15) is 4.79 Å². The van der Waals surface area contributed by atoms with E-state index in [4.69, 9.17) is 4.74 Å². The molecule has 1 aromatic carbocycles. The minimum absolute atomic E-state index is 0.273. The van der Waals surface area contributed by atoms with E-state index in [1.165, 1.54) is 5.56 Å². The van der Waals surface area contributed by atoms with Crippen LogP contribution in [0.3, 0.4) is 0 Å². The molecular formula is C14H13BrN2O2S. The van der Waals surface area contributed by atoms with Crippen molar-refractivity contribution in [1.82, 2.24) is 5.32 Å². The lowest BCUT2D eigenvalue weighted by atomic mass is 10.2. The summed E-state index contributed by atoms with van der Waals surface area (Å²) in [4.78, 5) is 12.0. The molecule has 4 nitrogen and oxygen atoms in total. The second-order valence-electron chi connectivity index (χ2n) is 4.47. The van der Waals surface area contributed by atoms with Crippen LogP contribution in [-0.2, 0) is 22.7 Å². The SMILES string of the molecule is O=C(OCc1cccc(Br)c1)C1NCc2ccsc2N1. The standard InChI is InChI=1S/C14H13BrN2O2S/c15-11-3-1-2-9(6-11)8-19-14(18)12-16-7-10-4-5-20-13(10)17-12/h1-6,12,16-17H,7-8H2. The van der Waals surface area contributed by atoms with Gasteiger partial charge in [-0.15, -0.1) is 11.3 Å². The number of carbonyl (C=O) groups excluding carboxylic acids is 1. The smallest absolute Gasteiger partial charge is 0.344 e. The highest BCUT2D eigenvalue weighted by atomic mass is 79.9. The van der Waals surface area contributed by atoms with E-state index < -0.39 is 6.17 Å². The van der Waals surface area contributed by atoms with Gasteiger partial charge in [-0.3, -0.25) is 5.32 Å². The third kappa shape index (κ3) is 3.03. The Kier molecular flexibility index (Phi) is 4.05. The van der Waals surface area contributed by atoms with Gasteiger partial charge in [-0.1, -0.05) is 28.1 Å². The Hall–Kier alpha value is -1.37. The van der Waals surface area contributed by atoms with Crippen molar-refractivity contribution < 1.29 is 9.53 Å². The summed E-state index contributed by atoms with van der Waals surface area (Å²) in [5.41, 5.74) is 2.14. The van der Waals surface area contributed by atoms with Crippen molar-refractivity contribution in [2.75, 3.05) is 5.32 Å². The lowest BCUT2D eigenvalue weighted by molar-refractivity contribution is -0.146. The molecule has 2 aromatic rings. The Bertz CT molecular complexity index is 629. The zero-order valence-corrected chi connectivity index (χ0v) is 13.0. The van der Waals surface area contributed by atoms with Crippen molar-refractivity contribution in [1.29, 1.82) is 0 Å². The first-order valence-corrected chi connectivity index (χ1v) is 7.87. The Morgan fingerprint density at radius 3 is 3.20 bits per heavy atom. The van der Waals surface area contributed by atoms with Gasteiger partial charge in [0, 0.05) is 16.6 Å². The first-order chi connectivity index (χ1) is 9.72. The molecule has 3 rings (SSSR count). The first kappa shape index (κ1) is 13.6. The summed E-state index contributed by atoms with van der Waals surface area (Å²) in [6.07, 6.45) is -0.478. The zero-order chi connectivity index (χ0) is 13.9. The fourth-order valence-electron chi connectivity index (χ4n) is 2.00. The Labute approximate surface area is 129 Å². The Morgan fingerprint density at radius 1 is 1.45 bits per heavy atom. The highest BCUT2D eigenvalue weighted by molar-refractivity contribution is 9.10. The summed E-state index contributed by atoms with van der Waals surface area (Å²) >= 11 is 4.99. The third-order valence-electron chi connectivity index (χ3n) is 3.02. The zero-order valence-electron chi connectivity index (χ0n) is 10.6. The van der Waals surface area contributed by atoms with Gasteiger partial charge in [-0.25, -0.2) is 4.79 Å². The van der Waals surface area contributed by atoms with Crippen LogP contribution in [0.1, 0.15) is 11.1 Å². The number of esters is 1. The van der Waals surface area contributed by atoms with Crippen LogP contribution in [0.2, 0.25) is 0 Å². The summed E-state index contributed by atoms with van der Waals surface area (Å²) in [5.74, 6) is -0.288. The van der Waals surface area contributed by atoms with Crippen molar-refractivity contribution >= 4 is 38.2 Å². The molecule has 0 spiro atoms. The molecule has 2 heterocycles. The lowest BCUT2D eigenvalue weighted by Gasteiger charge is -2.24. The van der Waals surface area contributed by atoms with E-state index in [0.29, 0.717) is 6.54 Å². The van der Waals surface area contributed by atoms with Gasteiger partial charge in [0.25, 0.3) is 0 Å². The minimum Gasteiger partial charge on any atom is -0.458 e. The molecule has 0 fully saturated rings. The molecule has 0 amide bonds. The molecule has 1 aliphatic rings. The molecule has 0 radical (unpaired) electrons. The molecule has 2 N–H and O–H groups in total. The first-order valence-electron chi connectivity index (χ1n) is 6.20. The summed E-state index contributed by atoms with van der Waals surface area (Å²) in [5, 5.41) is 9.31. The normalized spacial score (nSPS) is 17.1. The molecule has 0 saturated carbocycles. The number of carbonyl (C=O) groups is 1. The van der Waals surface area contributed by atoms with Gasteiger partial charge in [0.2, 0.25) is 0 Å². The molecule has 104 valence electrons. The summed E-state index contributed by atoms with van der Waals surface area (Å²) in [6.45, 7) is 0.956. The summed E-state index contributed by atoms with van der Waals surface area (Å²) in [6, 6.07) is 9.77. The van der Waals surface area contributed by atoms with Gasteiger partial charge in [-0.05, 0) is 29.1 Å². The van der Waals surface area contributed by atoms with Crippen LogP contribution in [0.15, 0.2) is 40.2 Å². The number of fused-ring (bicyclic) bond motifs is 1. The molecular weight excluding hydrogens is 340 g/mol. The number of halogens is 1. The number of nitrogens with one attached hydrogen (secondary N) is 2. The number of thiophene rings is 1. The molecule has 6 heteroatoms. The quantitative estimate of drug-likeness (QED) is 0.833. The highest BCUT2D eigenvalue weighted by Crippen LogP contribution is 2.26. The average Bonchev–Trinajstić information content (AvgIpc) is 2.92. The topological polar surface area (TPSA) is 50.4 Å². The number of hydrogen-bond acceptors (Lipinski definition) is 5. The van der Waals surface area contributed by atoms with Crippen molar-refractivity contribution in [3.63, 3.8) is 0 Å². The van der Waals surface area contributed by atoms with Gasteiger partial charge in [0.05, 0.1) is 5.00 Å². The highest BCUT2D eigenvalue weighted by Gasteiger charge is 2.25. The summed E-state index contributed by atoms with van der Waals surface area (Å²) < 4.78 is 6.31. The van der Waals surface area contributed by atoms with E-state index in [2.05, 4.69) is 26.6 Å². The molecule has 1 atom stereocenters. The molecule has 1 aliphatic heterocycles. The number of anilines is 1. The van der Waals surface area contributed by atoms with Crippen molar-refractivity contribution in [2.24, 2.45) is 0 Å². The Morgan fingerprint density at radius 2 is 2.35 bits per heavy atom. The number of hydrogen-bond donors (Lipinski definition) is 2. The van der Waals surface area contributed by atoms with Gasteiger partial charge in [0.15, 0.2) is 6.17 Å². The fourth-order valence-corrected chi connectivity index (χ4v) is 3.29. The molecule has 20 heavy (non-hydrogen) atoms. The van der Waals surface area contributed by atoms with Crippen LogP contribution in [0.25, 0.3) is 0 Å². The maximum atomic E-state index is 12.0. The summed E-state index contributed by atoms with van der Waals surface area (Å²) in [7, 11) is 0. The van der Waals surface area contributed by atoms with E-state index >= 15 is 0 Å². The number of benzene rings is 1. The van der Waals surface area contributed by atoms with Crippen molar-refractivity contribution in [3.8, 4) is 0 Å². The maximum Gasteiger partial charge on any atom is 0.344 e. The molecule has 0 bridgehead atoms. The van der Waals surface area contributed by atoms with E-state index in [0.717, 1.165) is 15.0 Å². The second-order valence-corrected chi connectivity index (χ2v) is 6.30. The predicted octanol–water partition coefficient (Wildman–Crippen LogP) is 3.10. The van der Waals surface area contributed by atoms with Gasteiger partial charge in [-0.2, -0.15) is 0 Å². The van der Waals surface area contributed by atoms with Gasteiger partial charge in [0.1, 0.15) is 6.61 Å². The number of ether oxygens (including phenoxy) is 1. The molecule has 0 saturated heterocycles. The number of rotatable bonds is 3. The van der Waals surface area contributed by atoms with Crippen LogP contribution in [0.5, 0.6) is 0 Å². The van der Waals surface area contributed by atoms with Crippen LogP contribution >= 0.6 is 27.3 Å². The second kappa shape index (κ2) is 5.95. The average molecular weight is 353 g/mol. The Balaban J connectivity index is 1.58. The van der Waals surface area contributed by atoms with Gasteiger partial charge < -0.3 is 10.1 Å².